The molecule has 0 saturated carbocycles. The summed E-state index contributed by atoms with van der Waals surface area (Å²) in [4.78, 5) is 13.8. The van der Waals surface area contributed by atoms with Crippen molar-refractivity contribution in [3.8, 4) is 11.6 Å². The van der Waals surface area contributed by atoms with Crippen molar-refractivity contribution >= 4 is 6.16 Å². The van der Waals surface area contributed by atoms with Crippen LogP contribution in [0.5, 0.6) is 11.6 Å². The number of nitrogens with zero attached hydrogens (tertiary/aromatic N) is 1. The molecular weight excluding hydrogens is 162 g/mol. The van der Waals surface area contributed by atoms with Crippen LogP contribution < -0.4 is 9.47 Å². The van der Waals surface area contributed by atoms with Crippen LogP contribution in [0.15, 0.2) is 18.3 Å². The first-order valence-corrected chi connectivity index (χ1v) is 3.14. The Hall–Kier alpha value is -1.78. The summed E-state index contributed by atoms with van der Waals surface area (Å²) in [5, 5.41) is 8.27. The van der Waals surface area contributed by atoms with Gasteiger partial charge in [-0.15, -0.1) is 0 Å². The molecular formula is C7H7NO4. The van der Waals surface area contributed by atoms with Crippen LogP contribution in [-0.4, -0.2) is 23.4 Å². The molecule has 1 heterocycles. The predicted molar refractivity (Wildman–Crippen MR) is 39.4 cm³/mol. The number of rotatable bonds is 2. The Morgan fingerprint density at radius 2 is 2.42 bits per heavy atom. The second-order valence-electron chi connectivity index (χ2n) is 1.88. The Kier molecular flexibility index (Phi) is 2.47. The van der Waals surface area contributed by atoms with Crippen LogP contribution in [0.4, 0.5) is 4.79 Å². The molecule has 0 spiro atoms. The van der Waals surface area contributed by atoms with E-state index in [2.05, 4.69) is 9.72 Å². The summed E-state index contributed by atoms with van der Waals surface area (Å²) in [6, 6.07) is 3.18. The smallest absolute Gasteiger partial charge is 0.491 e. The van der Waals surface area contributed by atoms with Crippen LogP contribution in [0, 0.1) is 0 Å². The van der Waals surface area contributed by atoms with Crippen molar-refractivity contribution < 1.29 is 19.4 Å². The summed E-state index contributed by atoms with van der Waals surface area (Å²) in [5.41, 5.74) is 0. The molecule has 0 bridgehead atoms. The molecule has 0 unspecified atom stereocenters. The summed E-state index contributed by atoms with van der Waals surface area (Å²) < 4.78 is 9.11. The fraction of sp³-hybridized carbons (Fsp3) is 0.143. The highest BCUT2D eigenvalue weighted by molar-refractivity contribution is 5.61. The van der Waals surface area contributed by atoms with Crippen LogP contribution in [-0.2, 0) is 0 Å². The van der Waals surface area contributed by atoms with Gasteiger partial charge in [-0.3, -0.25) is 0 Å². The maximum absolute atomic E-state index is 10.1. The Labute approximate surface area is 68.6 Å². The van der Waals surface area contributed by atoms with Gasteiger partial charge in [0.1, 0.15) is 0 Å². The first-order valence-electron chi connectivity index (χ1n) is 3.14. The van der Waals surface area contributed by atoms with Gasteiger partial charge in [0.25, 0.3) is 5.88 Å². The van der Waals surface area contributed by atoms with Gasteiger partial charge >= 0.3 is 6.16 Å². The van der Waals surface area contributed by atoms with E-state index in [1.165, 1.54) is 13.3 Å². The van der Waals surface area contributed by atoms with Gasteiger partial charge in [-0.1, -0.05) is 0 Å². The van der Waals surface area contributed by atoms with Crippen molar-refractivity contribution in [3.63, 3.8) is 0 Å². The highest BCUT2D eigenvalue weighted by Gasteiger charge is 2.07. The predicted octanol–water partition coefficient (Wildman–Crippen LogP) is 1.15. The molecule has 0 saturated heterocycles. The lowest BCUT2D eigenvalue weighted by Crippen LogP contribution is -2.05. The number of aromatic nitrogens is 1. The number of ether oxygens (including phenoxy) is 2. The third-order valence-electron chi connectivity index (χ3n) is 1.14. The van der Waals surface area contributed by atoms with Crippen LogP contribution in [0.3, 0.4) is 0 Å². The zero-order valence-corrected chi connectivity index (χ0v) is 6.35. The maximum atomic E-state index is 10.1. The van der Waals surface area contributed by atoms with Crippen molar-refractivity contribution in [2.45, 2.75) is 0 Å². The second kappa shape index (κ2) is 3.56. The van der Waals surface area contributed by atoms with Crippen molar-refractivity contribution in [1.82, 2.24) is 4.98 Å². The highest BCUT2D eigenvalue weighted by Crippen LogP contribution is 2.22. The van der Waals surface area contributed by atoms with E-state index in [0.29, 0.717) is 5.75 Å². The molecule has 0 atom stereocenters. The zero-order chi connectivity index (χ0) is 8.97. The van der Waals surface area contributed by atoms with E-state index in [-0.39, 0.29) is 5.88 Å². The summed E-state index contributed by atoms with van der Waals surface area (Å²) in [6.07, 6.45) is 0.00727. The zero-order valence-electron chi connectivity index (χ0n) is 6.35. The van der Waals surface area contributed by atoms with Crippen LogP contribution in [0.1, 0.15) is 0 Å². The van der Waals surface area contributed by atoms with Gasteiger partial charge in [0, 0.05) is 6.20 Å². The largest absolute Gasteiger partial charge is 0.512 e. The first kappa shape index (κ1) is 8.32. The van der Waals surface area contributed by atoms with E-state index >= 15 is 0 Å². The maximum Gasteiger partial charge on any atom is 0.512 e. The summed E-state index contributed by atoms with van der Waals surface area (Å²) in [6.45, 7) is 0. The normalized spacial score (nSPS) is 9.08. The Morgan fingerprint density at radius 1 is 1.67 bits per heavy atom. The third kappa shape index (κ3) is 1.85. The van der Waals surface area contributed by atoms with Crippen molar-refractivity contribution in [1.29, 1.82) is 0 Å². The Morgan fingerprint density at radius 3 is 3.00 bits per heavy atom. The molecule has 0 aromatic carbocycles. The highest BCUT2D eigenvalue weighted by atomic mass is 16.7. The molecule has 0 fully saturated rings. The molecule has 64 valence electrons. The fourth-order valence-corrected chi connectivity index (χ4v) is 0.691. The van der Waals surface area contributed by atoms with E-state index in [4.69, 9.17) is 9.84 Å². The van der Waals surface area contributed by atoms with Gasteiger partial charge in [0.2, 0.25) is 0 Å². The van der Waals surface area contributed by atoms with Crippen LogP contribution in [0.25, 0.3) is 0 Å². The standard InChI is InChI=1S/C7H7NO4/c1-11-5-3-2-4-8-6(5)12-7(9)10/h2-4H,1H3,(H,9,10). The molecule has 5 heteroatoms. The van der Waals surface area contributed by atoms with Crippen LogP contribution in [0.2, 0.25) is 0 Å². The minimum Gasteiger partial charge on any atom is -0.491 e. The van der Waals surface area contributed by atoms with Gasteiger partial charge in [0.15, 0.2) is 5.75 Å². The second-order valence-corrected chi connectivity index (χ2v) is 1.88. The average Bonchev–Trinajstić information content (AvgIpc) is 2.04. The van der Waals surface area contributed by atoms with Crippen LogP contribution >= 0.6 is 0 Å². The number of hydrogen-bond acceptors (Lipinski definition) is 4. The van der Waals surface area contributed by atoms with Crippen molar-refractivity contribution in [2.75, 3.05) is 7.11 Å². The molecule has 0 aliphatic heterocycles. The summed E-state index contributed by atoms with van der Waals surface area (Å²) in [7, 11) is 1.41. The topological polar surface area (TPSA) is 68.7 Å². The molecule has 12 heavy (non-hydrogen) atoms. The van der Waals surface area contributed by atoms with E-state index in [1.54, 1.807) is 12.1 Å². The third-order valence-corrected chi connectivity index (χ3v) is 1.14. The SMILES string of the molecule is COc1cccnc1OC(=O)O. The summed E-state index contributed by atoms with van der Waals surface area (Å²) >= 11 is 0. The Balaban J connectivity index is 2.89. The average molecular weight is 169 g/mol. The molecule has 0 aliphatic carbocycles. The molecule has 1 aromatic heterocycles. The molecule has 0 radical (unpaired) electrons. The molecule has 0 amide bonds. The summed E-state index contributed by atoms with van der Waals surface area (Å²) in [5.74, 6) is 0.243. The molecule has 1 N–H and O–H groups in total. The van der Waals surface area contributed by atoms with Gasteiger partial charge in [-0.05, 0) is 12.1 Å². The molecule has 5 nitrogen and oxygen atoms in total. The number of carboxylic acid groups (broad SMARTS) is 1. The van der Waals surface area contributed by atoms with Gasteiger partial charge in [-0.25, -0.2) is 9.78 Å². The number of carbonyl (C=O) groups is 1. The lowest BCUT2D eigenvalue weighted by atomic mass is 10.4. The molecule has 1 aromatic rings. The van der Waals surface area contributed by atoms with E-state index in [9.17, 15) is 4.79 Å². The minimum atomic E-state index is -1.41. The lowest BCUT2D eigenvalue weighted by Gasteiger charge is -2.03. The quantitative estimate of drug-likeness (QED) is 0.672. The number of hydrogen-bond donors (Lipinski definition) is 1. The van der Waals surface area contributed by atoms with E-state index in [1.807, 2.05) is 0 Å². The lowest BCUT2D eigenvalue weighted by molar-refractivity contribution is 0.140. The number of methoxy groups -OCH3 is 1. The fourth-order valence-electron chi connectivity index (χ4n) is 0.691. The Bertz CT molecular complexity index is 286. The monoisotopic (exact) mass is 169 g/mol. The van der Waals surface area contributed by atoms with Gasteiger partial charge in [-0.2, -0.15) is 0 Å². The number of pyridine rings is 1. The van der Waals surface area contributed by atoms with E-state index in [0.717, 1.165) is 0 Å². The minimum absolute atomic E-state index is 0.0486. The van der Waals surface area contributed by atoms with Gasteiger partial charge in [0.05, 0.1) is 7.11 Å². The van der Waals surface area contributed by atoms with E-state index < -0.39 is 6.16 Å². The van der Waals surface area contributed by atoms with Crippen molar-refractivity contribution in [3.05, 3.63) is 18.3 Å². The van der Waals surface area contributed by atoms with Crippen molar-refractivity contribution in [2.24, 2.45) is 0 Å². The first-order chi connectivity index (χ1) is 5.74. The molecule has 1 rings (SSSR count). The van der Waals surface area contributed by atoms with Gasteiger partial charge < -0.3 is 14.6 Å². The molecule has 0 aliphatic rings.